The lowest BCUT2D eigenvalue weighted by Crippen LogP contribution is -1.82. The van der Waals surface area contributed by atoms with Gasteiger partial charge in [-0.25, -0.2) is 4.98 Å². The summed E-state index contributed by atoms with van der Waals surface area (Å²) in [5.41, 5.74) is 0.906. The summed E-state index contributed by atoms with van der Waals surface area (Å²) in [5, 5.41) is 9.50. The third-order valence-corrected chi connectivity index (χ3v) is 1.88. The number of para-hydroxylation sites is 1. The highest BCUT2D eigenvalue weighted by Crippen LogP contribution is 2.25. The lowest BCUT2D eigenvalue weighted by Gasteiger charge is -1.98. The van der Waals surface area contributed by atoms with Crippen molar-refractivity contribution in [2.75, 3.05) is 0 Å². The van der Waals surface area contributed by atoms with E-state index in [1.807, 2.05) is 0 Å². The second-order valence-corrected chi connectivity index (χ2v) is 2.81. The van der Waals surface area contributed by atoms with Crippen molar-refractivity contribution in [2.45, 2.75) is 0 Å². The Labute approximate surface area is 80.2 Å². The Bertz CT molecular complexity index is 463. The first-order valence-corrected chi connectivity index (χ1v) is 4.10. The smallest absolute Gasteiger partial charge is 0.170 e. The van der Waals surface area contributed by atoms with E-state index in [9.17, 15) is 9.90 Å². The molecule has 0 unspecified atom stereocenters. The van der Waals surface area contributed by atoms with Gasteiger partial charge in [0.25, 0.3) is 0 Å². The van der Waals surface area contributed by atoms with Crippen LogP contribution in [-0.2, 0) is 0 Å². The summed E-state index contributed by atoms with van der Waals surface area (Å²) in [6, 6.07) is 6.81. The highest BCUT2D eigenvalue weighted by molar-refractivity contribution is 5.74. The number of nitrogens with zero attached hydrogens (tertiary/aromatic N) is 1. The van der Waals surface area contributed by atoms with Crippen molar-refractivity contribution < 1.29 is 9.90 Å². The molecule has 0 radical (unpaired) electrons. The number of H-pyrrole nitrogens is 1. The van der Waals surface area contributed by atoms with Gasteiger partial charge in [-0.3, -0.25) is 4.79 Å². The molecule has 14 heavy (non-hydrogen) atoms. The predicted molar refractivity (Wildman–Crippen MR) is 51.1 cm³/mol. The number of rotatable bonds is 2. The predicted octanol–water partition coefficient (Wildman–Crippen LogP) is 1.59. The number of hydrogen-bond acceptors (Lipinski definition) is 3. The van der Waals surface area contributed by atoms with Gasteiger partial charge in [0.05, 0.1) is 5.56 Å². The van der Waals surface area contributed by atoms with Crippen LogP contribution in [0.5, 0.6) is 5.75 Å². The molecule has 0 amide bonds. The minimum atomic E-state index is 0.138. The molecule has 0 aliphatic rings. The second-order valence-electron chi connectivity index (χ2n) is 2.81. The van der Waals surface area contributed by atoms with Gasteiger partial charge >= 0.3 is 0 Å². The fourth-order valence-corrected chi connectivity index (χ4v) is 1.21. The van der Waals surface area contributed by atoms with Gasteiger partial charge in [-0.1, -0.05) is 12.1 Å². The number of aromatic hydroxyl groups is 1. The van der Waals surface area contributed by atoms with E-state index in [0.717, 1.165) is 0 Å². The van der Waals surface area contributed by atoms with Gasteiger partial charge in [0.15, 0.2) is 6.29 Å². The standard InChI is InChI=1S/C10H8N2O2/c13-6-7-5-11-10(12-7)8-3-1-2-4-9(8)14/h1-6,14H,(H,11,12). The van der Waals surface area contributed by atoms with E-state index in [1.165, 1.54) is 6.20 Å². The molecule has 0 spiro atoms. The number of imidazole rings is 1. The fraction of sp³-hybridized carbons (Fsp3) is 0. The highest BCUT2D eigenvalue weighted by Gasteiger charge is 2.06. The van der Waals surface area contributed by atoms with Crippen molar-refractivity contribution in [1.29, 1.82) is 0 Å². The third kappa shape index (κ3) is 1.37. The molecule has 4 heteroatoms. The minimum Gasteiger partial charge on any atom is -0.507 e. The van der Waals surface area contributed by atoms with Gasteiger partial charge in [0.2, 0.25) is 0 Å². The quantitative estimate of drug-likeness (QED) is 0.703. The molecule has 1 aromatic heterocycles. The Kier molecular flexibility index (Phi) is 2.02. The maximum absolute atomic E-state index is 10.4. The van der Waals surface area contributed by atoms with Crippen LogP contribution in [0.1, 0.15) is 10.5 Å². The minimum absolute atomic E-state index is 0.138. The number of nitrogens with one attached hydrogen (secondary N) is 1. The first-order valence-electron chi connectivity index (χ1n) is 4.10. The normalized spacial score (nSPS) is 10.0. The third-order valence-electron chi connectivity index (χ3n) is 1.88. The summed E-state index contributed by atoms with van der Waals surface area (Å²) in [6.07, 6.45) is 2.15. The fourth-order valence-electron chi connectivity index (χ4n) is 1.21. The number of benzene rings is 1. The van der Waals surface area contributed by atoms with Gasteiger partial charge in [-0.05, 0) is 12.1 Å². The number of aromatic amines is 1. The Hall–Kier alpha value is -2.10. The van der Waals surface area contributed by atoms with Crippen molar-refractivity contribution in [2.24, 2.45) is 0 Å². The highest BCUT2D eigenvalue weighted by atomic mass is 16.3. The number of aromatic nitrogens is 2. The van der Waals surface area contributed by atoms with Crippen molar-refractivity contribution in [3.05, 3.63) is 36.2 Å². The monoisotopic (exact) mass is 188 g/mol. The molecule has 0 aliphatic carbocycles. The number of carbonyl (C=O) groups is 1. The SMILES string of the molecule is O=Cc1c[nH]c(-c2ccccc2O)n1. The van der Waals surface area contributed by atoms with Crippen LogP contribution >= 0.6 is 0 Å². The van der Waals surface area contributed by atoms with Crippen LogP contribution in [0.2, 0.25) is 0 Å². The van der Waals surface area contributed by atoms with Gasteiger partial charge in [-0.2, -0.15) is 0 Å². The summed E-state index contributed by atoms with van der Waals surface area (Å²) in [4.78, 5) is 17.2. The second kappa shape index (κ2) is 3.33. The molecule has 2 N–H and O–H groups in total. The van der Waals surface area contributed by atoms with Gasteiger partial charge in [0, 0.05) is 6.20 Å². The van der Waals surface area contributed by atoms with Crippen LogP contribution in [0.15, 0.2) is 30.5 Å². The zero-order chi connectivity index (χ0) is 9.97. The summed E-state index contributed by atoms with van der Waals surface area (Å²) in [6.45, 7) is 0. The largest absolute Gasteiger partial charge is 0.507 e. The van der Waals surface area contributed by atoms with E-state index in [0.29, 0.717) is 23.4 Å². The van der Waals surface area contributed by atoms with Crippen molar-refractivity contribution in [1.82, 2.24) is 9.97 Å². The summed E-state index contributed by atoms with van der Waals surface area (Å²) in [7, 11) is 0. The lowest BCUT2D eigenvalue weighted by atomic mass is 10.2. The van der Waals surface area contributed by atoms with E-state index in [1.54, 1.807) is 24.3 Å². The number of hydrogen-bond donors (Lipinski definition) is 2. The number of phenolic OH excluding ortho intramolecular Hbond substituents is 1. The topological polar surface area (TPSA) is 66.0 Å². The van der Waals surface area contributed by atoms with Crippen LogP contribution in [-0.4, -0.2) is 21.4 Å². The van der Waals surface area contributed by atoms with Crippen molar-refractivity contribution >= 4 is 6.29 Å². The zero-order valence-electron chi connectivity index (χ0n) is 7.27. The molecular weight excluding hydrogens is 180 g/mol. The molecule has 0 atom stereocenters. The average Bonchev–Trinajstić information content (AvgIpc) is 2.67. The molecule has 0 fully saturated rings. The number of carbonyl (C=O) groups excluding carboxylic acids is 1. The molecule has 0 saturated carbocycles. The van der Waals surface area contributed by atoms with E-state index in [4.69, 9.17) is 0 Å². The first-order chi connectivity index (χ1) is 6.81. The van der Waals surface area contributed by atoms with Crippen LogP contribution in [0, 0.1) is 0 Å². The van der Waals surface area contributed by atoms with E-state index >= 15 is 0 Å². The van der Waals surface area contributed by atoms with Crippen LogP contribution in [0.25, 0.3) is 11.4 Å². The summed E-state index contributed by atoms with van der Waals surface area (Å²) in [5.74, 6) is 0.629. The Morgan fingerprint density at radius 3 is 2.79 bits per heavy atom. The Balaban J connectivity index is 2.49. The molecule has 4 nitrogen and oxygen atoms in total. The Morgan fingerprint density at radius 1 is 1.36 bits per heavy atom. The van der Waals surface area contributed by atoms with Gasteiger partial charge in [0.1, 0.15) is 17.3 Å². The summed E-state index contributed by atoms with van der Waals surface area (Å²) < 4.78 is 0. The maximum Gasteiger partial charge on any atom is 0.170 e. The molecule has 1 heterocycles. The van der Waals surface area contributed by atoms with E-state index in [2.05, 4.69) is 9.97 Å². The van der Waals surface area contributed by atoms with Crippen LogP contribution in [0.4, 0.5) is 0 Å². The lowest BCUT2D eigenvalue weighted by molar-refractivity contribution is 0.111. The van der Waals surface area contributed by atoms with E-state index < -0.39 is 0 Å². The number of aldehydes is 1. The van der Waals surface area contributed by atoms with Crippen LogP contribution < -0.4 is 0 Å². The molecule has 0 aliphatic heterocycles. The van der Waals surface area contributed by atoms with E-state index in [-0.39, 0.29) is 5.75 Å². The van der Waals surface area contributed by atoms with Crippen molar-refractivity contribution in [3.63, 3.8) is 0 Å². The molecule has 0 saturated heterocycles. The van der Waals surface area contributed by atoms with Gasteiger partial charge in [-0.15, -0.1) is 0 Å². The summed E-state index contributed by atoms with van der Waals surface area (Å²) >= 11 is 0. The molecular formula is C10H8N2O2. The molecule has 2 rings (SSSR count). The van der Waals surface area contributed by atoms with Crippen molar-refractivity contribution in [3.8, 4) is 17.1 Å². The number of phenols is 1. The average molecular weight is 188 g/mol. The molecule has 0 bridgehead atoms. The molecule has 1 aromatic carbocycles. The first kappa shape index (κ1) is 8.50. The maximum atomic E-state index is 10.4. The molecule has 70 valence electrons. The van der Waals surface area contributed by atoms with Gasteiger partial charge < -0.3 is 10.1 Å². The van der Waals surface area contributed by atoms with Crippen LogP contribution in [0.3, 0.4) is 0 Å². The molecule has 2 aromatic rings. The zero-order valence-corrected chi connectivity index (χ0v) is 7.27. The Morgan fingerprint density at radius 2 is 2.14 bits per heavy atom.